The number of carbonyl (C=O) groups excluding carboxylic acids is 1. The fourth-order valence-corrected chi connectivity index (χ4v) is 10.4. The predicted octanol–water partition coefficient (Wildman–Crippen LogP) is 8.83. The van der Waals surface area contributed by atoms with E-state index in [1.165, 1.54) is 62.5 Å². The van der Waals surface area contributed by atoms with E-state index in [1.807, 2.05) is 13.0 Å². The van der Waals surface area contributed by atoms with Gasteiger partial charge in [-0.25, -0.2) is 0 Å². The van der Waals surface area contributed by atoms with E-state index in [1.54, 1.807) is 0 Å². The van der Waals surface area contributed by atoms with Crippen molar-refractivity contribution in [3.8, 4) is 0 Å². The SMILES string of the molecule is C=Cc1c2[n-]c(c1C)CC1[N-]C(C3=c4[n-]c(c(C)c4=C(O)C3)/C=c3\[n-]/c(c(C)c3CC)=C\2)[C@@H](CCC(=O)OC/C=C(\C)CCC[C@H](C)CCC[C@H](C)CCCC(C)C)[C@@H]1C.[Mg+2]. The van der Waals surface area contributed by atoms with Crippen molar-refractivity contribution < 1.29 is 14.6 Å². The molecule has 1 fully saturated rings. The van der Waals surface area contributed by atoms with Crippen LogP contribution in [0.4, 0.5) is 0 Å². The van der Waals surface area contributed by atoms with Crippen molar-refractivity contribution in [2.75, 3.05) is 6.61 Å². The van der Waals surface area contributed by atoms with E-state index in [2.05, 4.69) is 87.1 Å². The Bertz CT molecular complexity index is 2290. The number of hydrogen-bond donors (Lipinski definition) is 1. The third-order valence-corrected chi connectivity index (χ3v) is 14.3. The van der Waals surface area contributed by atoms with Gasteiger partial charge in [-0.2, -0.15) is 5.69 Å². The van der Waals surface area contributed by atoms with E-state index in [4.69, 9.17) is 25.0 Å². The zero-order chi connectivity index (χ0) is 43.2. The summed E-state index contributed by atoms with van der Waals surface area (Å²) >= 11 is 0. The summed E-state index contributed by atoms with van der Waals surface area (Å²) in [4.78, 5) is 28.8. The molecule has 1 saturated heterocycles. The first kappa shape index (κ1) is 48.8. The van der Waals surface area contributed by atoms with E-state index < -0.39 is 0 Å². The number of aliphatic hydroxyl groups excluding tert-OH is 1. The van der Waals surface area contributed by atoms with Crippen molar-refractivity contribution in [2.24, 2.45) is 29.6 Å². The van der Waals surface area contributed by atoms with Crippen LogP contribution in [0.5, 0.6) is 0 Å². The summed E-state index contributed by atoms with van der Waals surface area (Å²) in [6.45, 7) is 26.9. The molecule has 1 aliphatic carbocycles. The van der Waals surface area contributed by atoms with E-state index in [9.17, 15) is 9.90 Å². The Morgan fingerprint density at radius 2 is 1.57 bits per heavy atom. The van der Waals surface area contributed by atoms with E-state index in [0.717, 1.165) is 96.8 Å². The third kappa shape index (κ3) is 11.5. The van der Waals surface area contributed by atoms with Gasteiger partial charge in [0.25, 0.3) is 0 Å². The molecule has 6 atom stereocenters. The normalized spacial score (nSPS) is 21.8. The molecule has 328 valence electrons. The molecular weight excluding hydrogens is 765 g/mol. The largest absolute Gasteiger partial charge is 2.00 e. The first-order valence-electron chi connectivity index (χ1n) is 23.4. The third-order valence-electron chi connectivity index (χ3n) is 14.3. The number of fused-ring (bicyclic) bond motifs is 8. The van der Waals surface area contributed by atoms with Crippen LogP contribution in [0.1, 0.15) is 170 Å². The molecule has 3 aromatic heterocycles. The maximum Gasteiger partial charge on any atom is 2.00 e. The second-order valence-electron chi connectivity index (χ2n) is 19.3. The van der Waals surface area contributed by atoms with Crippen molar-refractivity contribution in [2.45, 2.75) is 171 Å². The molecule has 5 heterocycles. The number of aliphatic hydroxyl groups is 1. The molecule has 0 saturated carbocycles. The van der Waals surface area contributed by atoms with Gasteiger partial charge in [0.1, 0.15) is 12.4 Å². The van der Waals surface area contributed by atoms with Crippen LogP contribution in [0.2, 0.25) is 0 Å². The van der Waals surface area contributed by atoms with Crippen molar-refractivity contribution in [3.05, 3.63) is 89.7 Å². The predicted molar refractivity (Wildman–Crippen MR) is 254 cm³/mol. The maximum atomic E-state index is 13.3. The number of carbonyl (C=O) groups is 1. The van der Waals surface area contributed by atoms with Crippen LogP contribution in [-0.4, -0.2) is 52.8 Å². The van der Waals surface area contributed by atoms with Gasteiger partial charge in [-0.1, -0.05) is 163 Å². The van der Waals surface area contributed by atoms with Gasteiger partial charge in [0.15, 0.2) is 0 Å². The van der Waals surface area contributed by atoms with Crippen molar-refractivity contribution in [1.29, 1.82) is 0 Å². The van der Waals surface area contributed by atoms with Gasteiger partial charge in [0, 0.05) is 12.8 Å². The summed E-state index contributed by atoms with van der Waals surface area (Å²) in [5, 5.41) is 20.5. The van der Waals surface area contributed by atoms with Crippen LogP contribution in [-0.2, 0) is 22.4 Å². The Morgan fingerprint density at radius 1 is 0.902 bits per heavy atom. The van der Waals surface area contributed by atoms with Gasteiger partial charge >= 0.3 is 29.0 Å². The fourth-order valence-electron chi connectivity index (χ4n) is 10.4. The van der Waals surface area contributed by atoms with Crippen LogP contribution in [0.15, 0.2) is 18.2 Å². The zero-order valence-electron chi connectivity index (χ0n) is 39.4. The minimum absolute atomic E-state index is 0. The van der Waals surface area contributed by atoms with E-state index in [-0.39, 0.29) is 52.9 Å². The Kier molecular flexibility index (Phi) is 17.6. The number of esters is 1. The van der Waals surface area contributed by atoms with Crippen molar-refractivity contribution >= 4 is 58.6 Å². The quantitative estimate of drug-likeness (QED) is 0.0736. The maximum absolute atomic E-state index is 13.3. The van der Waals surface area contributed by atoms with E-state index in [0.29, 0.717) is 38.0 Å². The molecule has 0 spiro atoms. The van der Waals surface area contributed by atoms with Crippen molar-refractivity contribution in [1.82, 2.24) is 15.0 Å². The second-order valence-corrected chi connectivity index (χ2v) is 19.3. The molecule has 3 aliphatic rings. The molecule has 0 amide bonds. The molecule has 0 aromatic carbocycles. The van der Waals surface area contributed by atoms with Crippen molar-refractivity contribution in [3.63, 3.8) is 0 Å². The molecule has 8 heteroatoms. The number of ether oxygens (including phenoxy) is 1. The van der Waals surface area contributed by atoms with Gasteiger partial charge in [-0.15, -0.1) is 39.5 Å². The molecule has 2 unspecified atom stereocenters. The van der Waals surface area contributed by atoms with Crippen LogP contribution in [0, 0.1) is 50.4 Å². The van der Waals surface area contributed by atoms with Crippen LogP contribution < -0.4 is 36.2 Å². The number of hydrogen-bond acceptors (Lipinski definition) is 3. The molecule has 0 radical (unpaired) electrons. The summed E-state index contributed by atoms with van der Waals surface area (Å²) < 4.78 is 5.81. The Balaban J connectivity index is 0.00000704. The topological polar surface area (TPSA) is 103 Å². The fraction of sp³-hybridized carbons (Fsp3) is 0.604. The smallest absolute Gasteiger partial charge is 0.661 e. The first-order chi connectivity index (χ1) is 28.7. The first-order valence-corrected chi connectivity index (χ1v) is 23.4. The zero-order valence-corrected chi connectivity index (χ0v) is 40.8. The Labute approximate surface area is 383 Å². The number of rotatable bonds is 19. The minimum atomic E-state index is -0.170. The summed E-state index contributed by atoms with van der Waals surface area (Å²) in [6, 6.07) is -0.173. The van der Waals surface area contributed by atoms with E-state index >= 15 is 0 Å². The molecule has 2 aliphatic heterocycles. The van der Waals surface area contributed by atoms with Gasteiger partial charge in [0.2, 0.25) is 0 Å². The van der Waals surface area contributed by atoms with Gasteiger partial charge in [0.05, 0.1) is 0 Å². The number of allylic oxidation sites excluding steroid dienone is 1. The summed E-state index contributed by atoms with van der Waals surface area (Å²) in [7, 11) is 0. The molecule has 61 heavy (non-hydrogen) atoms. The standard InChI is InChI=1S/C53H74N4O3.Mg/c1-12-39-35(8)43-28-45-37(10)41(23-24-50(59)60-26-25-34(7)22-16-21-33(6)20-15-19-32(5)18-14-17-31(3)4)52(56-45)42-27-49(58)51-38(11)46(57-53(42)51)30-48-40(13-2)36(9)44(55-48)29-47(39)54-43;/h12,25,29-33,37,41,45,52,58H,1,13-24,26-28H2,2-11H3;/q-4;+2/b34-25+,44-29-,48-30-;/t32-,33-,37+,41+,45?,52?;/m1./s1. The molecule has 1 N–H and O–H groups in total. The number of aromatic nitrogens is 3. The van der Waals surface area contributed by atoms with Gasteiger partial charge in [-0.05, 0) is 88.0 Å². The van der Waals surface area contributed by atoms with Gasteiger partial charge < -0.3 is 30.1 Å². The van der Waals surface area contributed by atoms with Crippen LogP contribution in [0.3, 0.4) is 0 Å². The van der Waals surface area contributed by atoms with Crippen LogP contribution in [0.25, 0.3) is 34.9 Å². The number of nitrogens with zero attached hydrogens (tertiary/aromatic N) is 4. The molecule has 3 aromatic rings. The second kappa shape index (κ2) is 21.9. The summed E-state index contributed by atoms with van der Waals surface area (Å²) in [5.74, 6) is 2.88. The van der Waals surface area contributed by atoms with Gasteiger partial charge in [-0.3, -0.25) is 4.79 Å². The molecule has 8 bridgehead atoms. The average molecular weight is 840 g/mol. The summed E-state index contributed by atoms with van der Waals surface area (Å²) in [6.07, 6.45) is 22.7. The molecule has 7 nitrogen and oxygen atoms in total. The molecule has 6 rings (SSSR count). The average Bonchev–Trinajstić information content (AvgIpc) is 3.95. The molecular formula is C53H74MgN4O3-2. The van der Waals surface area contributed by atoms with Crippen LogP contribution >= 0.6 is 0 Å². The summed E-state index contributed by atoms with van der Waals surface area (Å²) in [5.41, 5.74) is 10.6. The minimum Gasteiger partial charge on any atom is -0.661 e. The Hall–Kier alpha value is -3.20. The Morgan fingerprint density at radius 3 is 2.25 bits per heavy atom. The monoisotopic (exact) mass is 839 g/mol.